The third kappa shape index (κ3) is 2.89. The van der Waals surface area contributed by atoms with E-state index in [1.54, 1.807) is 0 Å². The second-order valence-electron chi connectivity index (χ2n) is 5.14. The number of aryl methyl sites for hydroxylation is 1. The predicted octanol–water partition coefficient (Wildman–Crippen LogP) is 3.55. The van der Waals surface area contributed by atoms with Gasteiger partial charge in [0.05, 0.1) is 0 Å². The summed E-state index contributed by atoms with van der Waals surface area (Å²) in [6, 6.07) is 5.78. The molecule has 0 radical (unpaired) electrons. The van der Waals surface area contributed by atoms with Crippen LogP contribution in [0.25, 0.3) is 0 Å². The molecule has 1 heterocycles. The summed E-state index contributed by atoms with van der Waals surface area (Å²) < 4.78 is 0. The van der Waals surface area contributed by atoms with Crippen molar-refractivity contribution in [1.29, 1.82) is 0 Å². The Balaban J connectivity index is 2.10. The molecule has 1 aromatic rings. The van der Waals surface area contributed by atoms with Crippen molar-refractivity contribution in [2.45, 2.75) is 38.0 Å². The molecule has 0 spiro atoms. The first-order valence-corrected chi connectivity index (χ1v) is 7.15. The van der Waals surface area contributed by atoms with Crippen molar-refractivity contribution < 1.29 is 4.79 Å². The van der Waals surface area contributed by atoms with Gasteiger partial charge in [-0.05, 0) is 43.4 Å². The third-order valence-corrected chi connectivity index (χ3v) is 4.21. The Hall–Kier alpha value is -0.960. The van der Waals surface area contributed by atoms with Crippen molar-refractivity contribution >= 4 is 18.5 Å². The minimum Gasteiger partial charge on any atom is -0.339 e. The van der Waals surface area contributed by atoms with Crippen LogP contribution in [-0.4, -0.2) is 23.9 Å². The topological polar surface area (TPSA) is 20.3 Å². The maximum absolute atomic E-state index is 12.5. The molecule has 0 aromatic heterocycles. The summed E-state index contributed by atoms with van der Waals surface area (Å²) >= 11 is 4.32. The molecule has 1 fully saturated rings. The highest BCUT2D eigenvalue weighted by atomic mass is 32.1. The summed E-state index contributed by atoms with van der Waals surface area (Å²) in [4.78, 5) is 15.3. The fourth-order valence-corrected chi connectivity index (χ4v) is 2.76. The van der Waals surface area contributed by atoms with E-state index in [1.165, 1.54) is 6.42 Å². The number of piperidine rings is 1. The lowest BCUT2D eigenvalue weighted by Gasteiger charge is -2.32. The molecule has 0 saturated carbocycles. The van der Waals surface area contributed by atoms with Gasteiger partial charge >= 0.3 is 0 Å². The number of carbonyl (C=O) groups is 1. The average Bonchev–Trinajstić information content (AvgIpc) is 2.41. The van der Waals surface area contributed by atoms with Gasteiger partial charge in [-0.25, -0.2) is 0 Å². The fraction of sp³-hybridized carbons (Fsp3) is 0.533. The Bertz CT molecular complexity index is 436. The van der Waals surface area contributed by atoms with Gasteiger partial charge in [0.2, 0.25) is 0 Å². The normalized spacial score (nSPS) is 16.9. The molecule has 1 saturated heterocycles. The number of likely N-dealkylation sites (tertiary alicyclic amines) is 1. The van der Waals surface area contributed by atoms with Crippen LogP contribution in [0.2, 0.25) is 0 Å². The summed E-state index contributed by atoms with van der Waals surface area (Å²) in [6.45, 7) is 6.01. The first kappa shape index (κ1) is 13.5. The molecular weight excluding hydrogens is 242 g/mol. The zero-order valence-electron chi connectivity index (χ0n) is 11.1. The Labute approximate surface area is 115 Å². The molecule has 0 unspecified atom stereocenters. The third-order valence-electron chi connectivity index (χ3n) is 3.93. The monoisotopic (exact) mass is 263 g/mol. The lowest BCUT2D eigenvalue weighted by Crippen LogP contribution is -2.38. The molecule has 1 aromatic carbocycles. The maximum Gasteiger partial charge on any atom is 0.254 e. The van der Waals surface area contributed by atoms with E-state index >= 15 is 0 Å². The minimum absolute atomic E-state index is 0.165. The molecule has 0 N–H and O–H groups in total. The largest absolute Gasteiger partial charge is 0.339 e. The molecule has 1 aliphatic heterocycles. The van der Waals surface area contributed by atoms with Crippen molar-refractivity contribution in [2.24, 2.45) is 5.92 Å². The maximum atomic E-state index is 12.5. The highest BCUT2D eigenvalue weighted by Crippen LogP contribution is 2.23. The van der Waals surface area contributed by atoms with Gasteiger partial charge < -0.3 is 4.90 Å². The smallest absolute Gasteiger partial charge is 0.254 e. The molecular formula is C15H21NOS. The minimum atomic E-state index is 0.165. The van der Waals surface area contributed by atoms with Crippen LogP contribution in [0.4, 0.5) is 0 Å². The molecule has 98 valence electrons. The Morgan fingerprint density at radius 1 is 1.39 bits per heavy atom. The van der Waals surface area contributed by atoms with E-state index in [4.69, 9.17) is 0 Å². The molecule has 0 aliphatic carbocycles. The lowest BCUT2D eigenvalue weighted by molar-refractivity contribution is 0.0688. The van der Waals surface area contributed by atoms with E-state index < -0.39 is 0 Å². The van der Waals surface area contributed by atoms with Gasteiger partial charge in [0.1, 0.15) is 0 Å². The van der Waals surface area contributed by atoms with Gasteiger partial charge in [0.25, 0.3) is 5.91 Å². The lowest BCUT2D eigenvalue weighted by atomic mass is 9.94. The summed E-state index contributed by atoms with van der Waals surface area (Å²) in [6.07, 6.45) is 3.51. The SMILES string of the molecule is CCC1CCN(C(=O)c2cc(S)ccc2C)CC1. The van der Waals surface area contributed by atoms with E-state index in [9.17, 15) is 4.79 Å². The molecule has 1 amide bonds. The molecule has 0 atom stereocenters. The van der Waals surface area contributed by atoms with Crippen LogP contribution >= 0.6 is 12.6 Å². The van der Waals surface area contributed by atoms with E-state index in [0.717, 1.165) is 47.9 Å². The van der Waals surface area contributed by atoms with Crippen molar-refractivity contribution in [2.75, 3.05) is 13.1 Å². The summed E-state index contributed by atoms with van der Waals surface area (Å²) in [5.74, 6) is 0.962. The summed E-state index contributed by atoms with van der Waals surface area (Å²) in [5, 5.41) is 0. The first-order chi connectivity index (χ1) is 8.61. The van der Waals surface area contributed by atoms with Crippen LogP contribution in [0.1, 0.15) is 42.1 Å². The standard InChI is InChI=1S/C15H21NOS/c1-3-12-6-8-16(9-7-12)15(17)14-10-13(18)5-4-11(14)2/h4-5,10,12,18H,3,6-9H2,1-2H3. The van der Waals surface area contributed by atoms with Crippen molar-refractivity contribution in [1.82, 2.24) is 4.90 Å². The van der Waals surface area contributed by atoms with E-state index in [1.807, 2.05) is 30.0 Å². The van der Waals surface area contributed by atoms with Gasteiger partial charge in [-0.2, -0.15) is 0 Å². The zero-order valence-corrected chi connectivity index (χ0v) is 12.0. The molecule has 2 rings (SSSR count). The van der Waals surface area contributed by atoms with Crippen LogP contribution in [0.15, 0.2) is 23.1 Å². The highest BCUT2D eigenvalue weighted by molar-refractivity contribution is 7.80. The predicted molar refractivity (Wildman–Crippen MR) is 77.3 cm³/mol. The van der Waals surface area contributed by atoms with Gasteiger partial charge in [-0.15, -0.1) is 12.6 Å². The van der Waals surface area contributed by atoms with Gasteiger partial charge in [-0.3, -0.25) is 4.79 Å². The Morgan fingerprint density at radius 2 is 2.06 bits per heavy atom. The van der Waals surface area contributed by atoms with Crippen molar-refractivity contribution in [3.63, 3.8) is 0 Å². The van der Waals surface area contributed by atoms with E-state index in [0.29, 0.717) is 0 Å². The molecule has 18 heavy (non-hydrogen) atoms. The molecule has 0 bridgehead atoms. The number of carbonyl (C=O) groups excluding carboxylic acids is 1. The second-order valence-corrected chi connectivity index (χ2v) is 5.66. The first-order valence-electron chi connectivity index (χ1n) is 6.70. The summed E-state index contributed by atoms with van der Waals surface area (Å²) in [7, 11) is 0. The molecule has 3 heteroatoms. The average molecular weight is 263 g/mol. The van der Waals surface area contributed by atoms with Crippen LogP contribution < -0.4 is 0 Å². The number of nitrogens with zero attached hydrogens (tertiary/aromatic N) is 1. The molecule has 2 nitrogen and oxygen atoms in total. The number of hydrogen-bond acceptors (Lipinski definition) is 2. The quantitative estimate of drug-likeness (QED) is 0.809. The summed E-state index contributed by atoms with van der Waals surface area (Å²) in [5.41, 5.74) is 1.84. The van der Waals surface area contributed by atoms with Crippen LogP contribution in [0, 0.1) is 12.8 Å². The van der Waals surface area contributed by atoms with E-state index in [-0.39, 0.29) is 5.91 Å². The van der Waals surface area contributed by atoms with Gasteiger partial charge in [0.15, 0.2) is 0 Å². The van der Waals surface area contributed by atoms with Crippen molar-refractivity contribution in [3.05, 3.63) is 29.3 Å². The van der Waals surface area contributed by atoms with Crippen LogP contribution in [0.5, 0.6) is 0 Å². The number of rotatable bonds is 2. The molecule has 1 aliphatic rings. The number of amides is 1. The number of benzene rings is 1. The fourth-order valence-electron chi connectivity index (χ4n) is 2.56. The van der Waals surface area contributed by atoms with Crippen molar-refractivity contribution in [3.8, 4) is 0 Å². The van der Waals surface area contributed by atoms with Gasteiger partial charge in [0, 0.05) is 23.5 Å². The highest BCUT2D eigenvalue weighted by Gasteiger charge is 2.23. The van der Waals surface area contributed by atoms with Crippen LogP contribution in [-0.2, 0) is 0 Å². The zero-order chi connectivity index (χ0) is 13.1. The number of hydrogen-bond donors (Lipinski definition) is 1. The Kier molecular flexibility index (Phi) is 4.33. The number of thiol groups is 1. The Morgan fingerprint density at radius 3 is 2.67 bits per heavy atom. The van der Waals surface area contributed by atoms with Crippen LogP contribution in [0.3, 0.4) is 0 Å². The van der Waals surface area contributed by atoms with Gasteiger partial charge in [-0.1, -0.05) is 19.4 Å². The van der Waals surface area contributed by atoms with E-state index in [2.05, 4.69) is 19.6 Å². The second kappa shape index (κ2) is 5.79.